The number of carbonyl (C=O) groups excluding carboxylic acids is 3. The standard InChI is InChI=1S/C25H31N7O8/c1-12(33)21(24(38)31-19(25(39)40)7-14-10-27-11-29-14)32-23(37)18(8-20(34)35)30-22(36)16(26)6-13-9-28-17-5-3-2-4-15(13)17/h2-5,9-12,16,18-19,21,28,33H,6-8,26H2,1H3,(H,27,29)(H,30,36)(H,31,38)(H,32,37)(H,34,35)(H,39,40). The van der Waals surface area contributed by atoms with Gasteiger partial charge in [-0.15, -0.1) is 0 Å². The number of hydrogen-bond acceptors (Lipinski definition) is 8. The van der Waals surface area contributed by atoms with Crippen LogP contribution >= 0.6 is 0 Å². The first kappa shape index (κ1) is 29.8. The van der Waals surface area contributed by atoms with Gasteiger partial charge in [-0.25, -0.2) is 9.78 Å². The molecule has 214 valence electrons. The zero-order chi connectivity index (χ0) is 29.4. The number of hydrogen-bond donors (Lipinski definition) is 9. The van der Waals surface area contributed by atoms with Gasteiger partial charge in [0.15, 0.2) is 0 Å². The SMILES string of the molecule is CC(O)C(NC(=O)C(CC(=O)O)NC(=O)C(N)Cc1c[nH]c2ccccc12)C(=O)NC(Cc1cnc[nH]1)C(=O)O. The van der Waals surface area contributed by atoms with Crippen molar-refractivity contribution in [2.24, 2.45) is 5.73 Å². The topological polar surface area (TPSA) is 253 Å². The van der Waals surface area contributed by atoms with Crippen molar-refractivity contribution in [2.75, 3.05) is 0 Å². The number of amides is 3. The lowest BCUT2D eigenvalue weighted by atomic mass is 10.0. The van der Waals surface area contributed by atoms with Gasteiger partial charge in [0, 0.05) is 35.4 Å². The molecular formula is C25H31N7O8. The van der Waals surface area contributed by atoms with E-state index in [1.54, 1.807) is 6.20 Å². The number of carboxylic acid groups (broad SMARTS) is 2. The van der Waals surface area contributed by atoms with E-state index in [2.05, 4.69) is 30.9 Å². The number of nitrogens with one attached hydrogen (secondary N) is 5. The van der Waals surface area contributed by atoms with E-state index in [0.717, 1.165) is 16.5 Å². The van der Waals surface area contributed by atoms with Crippen LogP contribution in [0.2, 0.25) is 0 Å². The Balaban J connectivity index is 1.67. The number of aromatic nitrogens is 3. The summed E-state index contributed by atoms with van der Waals surface area (Å²) < 4.78 is 0. The third-order valence-electron chi connectivity index (χ3n) is 6.12. The molecule has 3 rings (SSSR count). The number of aliphatic hydroxyl groups excluding tert-OH is 1. The number of aliphatic hydroxyl groups is 1. The lowest BCUT2D eigenvalue weighted by Crippen LogP contribution is -2.60. The highest BCUT2D eigenvalue weighted by Gasteiger charge is 2.34. The molecule has 3 amide bonds. The van der Waals surface area contributed by atoms with Crippen LogP contribution in [-0.2, 0) is 36.8 Å². The number of nitrogens with two attached hydrogens (primary N) is 1. The third-order valence-corrected chi connectivity index (χ3v) is 6.12. The van der Waals surface area contributed by atoms with E-state index in [1.165, 1.54) is 19.4 Å². The zero-order valence-corrected chi connectivity index (χ0v) is 21.5. The molecule has 15 nitrogen and oxygen atoms in total. The summed E-state index contributed by atoms with van der Waals surface area (Å²) in [4.78, 5) is 71.2. The minimum atomic E-state index is -1.66. The Kier molecular flexibility index (Phi) is 9.94. The summed E-state index contributed by atoms with van der Waals surface area (Å²) in [6, 6.07) is 1.48. The van der Waals surface area contributed by atoms with Gasteiger partial charge in [0.05, 0.1) is 24.9 Å². The molecule has 0 saturated carbocycles. The average molecular weight is 558 g/mol. The summed E-state index contributed by atoms with van der Waals surface area (Å²) >= 11 is 0. The quantitative estimate of drug-likeness (QED) is 0.110. The molecule has 0 bridgehead atoms. The Morgan fingerprint density at radius 1 is 0.950 bits per heavy atom. The van der Waals surface area contributed by atoms with Gasteiger partial charge in [-0.3, -0.25) is 19.2 Å². The van der Waals surface area contributed by atoms with Crippen LogP contribution < -0.4 is 21.7 Å². The fourth-order valence-corrected chi connectivity index (χ4v) is 4.03. The second kappa shape index (κ2) is 13.3. The van der Waals surface area contributed by atoms with Crippen LogP contribution in [0, 0.1) is 0 Å². The molecule has 15 heteroatoms. The van der Waals surface area contributed by atoms with Crippen molar-refractivity contribution in [2.45, 2.75) is 56.5 Å². The maximum Gasteiger partial charge on any atom is 0.326 e. The number of nitrogens with zero attached hydrogens (tertiary/aromatic N) is 1. The predicted molar refractivity (Wildman–Crippen MR) is 140 cm³/mol. The number of rotatable bonds is 14. The van der Waals surface area contributed by atoms with Crippen LogP contribution in [0.5, 0.6) is 0 Å². The first-order chi connectivity index (χ1) is 19.0. The summed E-state index contributed by atoms with van der Waals surface area (Å²) in [7, 11) is 0. The number of carboxylic acids is 2. The van der Waals surface area contributed by atoms with Gasteiger partial charge >= 0.3 is 11.9 Å². The van der Waals surface area contributed by atoms with Crippen LogP contribution in [0.4, 0.5) is 0 Å². The molecule has 10 N–H and O–H groups in total. The first-order valence-electron chi connectivity index (χ1n) is 12.3. The highest BCUT2D eigenvalue weighted by Crippen LogP contribution is 2.18. The van der Waals surface area contributed by atoms with Crippen molar-refractivity contribution in [3.63, 3.8) is 0 Å². The van der Waals surface area contributed by atoms with Gasteiger partial charge < -0.3 is 47.0 Å². The molecule has 0 aliphatic rings. The Morgan fingerprint density at radius 3 is 2.27 bits per heavy atom. The summed E-state index contributed by atoms with van der Waals surface area (Å²) in [6.07, 6.45) is 1.98. The monoisotopic (exact) mass is 557 g/mol. The molecule has 0 spiro atoms. The Labute approximate surface area is 227 Å². The number of para-hydroxylation sites is 1. The number of aliphatic carboxylic acids is 2. The maximum atomic E-state index is 13.0. The summed E-state index contributed by atoms with van der Waals surface area (Å²) in [5.74, 6) is -5.73. The van der Waals surface area contributed by atoms with E-state index >= 15 is 0 Å². The first-order valence-corrected chi connectivity index (χ1v) is 12.3. The highest BCUT2D eigenvalue weighted by molar-refractivity contribution is 5.96. The van der Waals surface area contributed by atoms with Crippen molar-refractivity contribution in [3.05, 3.63) is 54.2 Å². The van der Waals surface area contributed by atoms with Crippen molar-refractivity contribution >= 4 is 40.6 Å². The summed E-state index contributed by atoms with van der Waals surface area (Å²) in [5.41, 5.74) is 8.04. The number of benzene rings is 1. The number of aromatic amines is 2. The Hall–Kier alpha value is -4.76. The van der Waals surface area contributed by atoms with Gasteiger partial charge in [-0.1, -0.05) is 18.2 Å². The van der Waals surface area contributed by atoms with Crippen LogP contribution in [0.1, 0.15) is 24.6 Å². The maximum absolute atomic E-state index is 13.0. The predicted octanol–water partition coefficient (Wildman–Crippen LogP) is -1.60. The number of imidazole rings is 1. The lowest BCUT2D eigenvalue weighted by Gasteiger charge is -2.26. The van der Waals surface area contributed by atoms with Gasteiger partial charge in [0.1, 0.15) is 18.1 Å². The van der Waals surface area contributed by atoms with E-state index in [9.17, 15) is 39.3 Å². The Bertz CT molecular complexity index is 1350. The molecule has 0 radical (unpaired) electrons. The number of H-pyrrole nitrogens is 2. The smallest absolute Gasteiger partial charge is 0.326 e. The van der Waals surface area contributed by atoms with Crippen molar-refractivity contribution in [1.82, 2.24) is 30.9 Å². The molecule has 0 aliphatic carbocycles. The molecule has 1 aromatic carbocycles. The normalized spacial score (nSPS) is 14.9. The minimum absolute atomic E-state index is 0.0862. The largest absolute Gasteiger partial charge is 0.481 e. The lowest BCUT2D eigenvalue weighted by molar-refractivity contribution is -0.144. The number of carbonyl (C=O) groups is 5. The number of fused-ring (bicyclic) bond motifs is 1. The summed E-state index contributed by atoms with van der Waals surface area (Å²) in [6.45, 7) is 1.18. The van der Waals surface area contributed by atoms with Gasteiger partial charge in [-0.2, -0.15) is 0 Å². The molecule has 0 aliphatic heterocycles. The van der Waals surface area contributed by atoms with Crippen LogP contribution in [0.3, 0.4) is 0 Å². The summed E-state index contributed by atoms with van der Waals surface area (Å²) in [5, 5.41) is 36.5. The molecule has 2 aromatic heterocycles. The minimum Gasteiger partial charge on any atom is -0.481 e. The van der Waals surface area contributed by atoms with Crippen molar-refractivity contribution < 1.29 is 39.3 Å². The van der Waals surface area contributed by atoms with Gasteiger partial charge in [-0.05, 0) is 25.0 Å². The van der Waals surface area contributed by atoms with E-state index < -0.39 is 66.4 Å². The van der Waals surface area contributed by atoms with Crippen LogP contribution in [-0.4, -0.2) is 90.2 Å². The van der Waals surface area contributed by atoms with E-state index in [4.69, 9.17) is 5.73 Å². The molecule has 0 saturated heterocycles. The molecule has 5 unspecified atom stereocenters. The van der Waals surface area contributed by atoms with Crippen molar-refractivity contribution in [3.8, 4) is 0 Å². The molecule has 0 fully saturated rings. The zero-order valence-electron chi connectivity index (χ0n) is 21.5. The molecule has 5 atom stereocenters. The van der Waals surface area contributed by atoms with E-state index in [1.807, 2.05) is 24.3 Å². The molecular weight excluding hydrogens is 526 g/mol. The van der Waals surface area contributed by atoms with E-state index in [-0.39, 0.29) is 12.8 Å². The second-order valence-electron chi connectivity index (χ2n) is 9.24. The fourth-order valence-electron chi connectivity index (χ4n) is 4.03. The fraction of sp³-hybridized carbons (Fsp3) is 0.360. The third kappa shape index (κ3) is 7.87. The second-order valence-corrected chi connectivity index (χ2v) is 9.24. The van der Waals surface area contributed by atoms with Gasteiger partial charge in [0.2, 0.25) is 17.7 Å². The highest BCUT2D eigenvalue weighted by atomic mass is 16.4. The van der Waals surface area contributed by atoms with Gasteiger partial charge in [0.25, 0.3) is 0 Å². The molecule has 40 heavy (non-hydrogen) atoms. The molecule has 2 heterocycles. The van der Waals surface area contributed by atoms with Crippen molar-refractivity contribution in [1.29, 1.82) is 0 Å². The van der Waals surface area contributed by atoms with Crippen LogP contribution in [0.15, 0.2) is 43.0 Å². The average Bonchev–Trinajstić information content (AvgIpc) is 3.55. The van der Waals surface area contributed by atoms with E-state index in [0.29, 0.717) is 5.69 Å². The molecule has 3 aromatic rings. The van der Waals surface area contributed by atoms with Crippen LogP contribution in [0.25, 0.3) is 10.9 Å². The Morgan fingerprint density at radius 2 is 1.65 bits per heavy atom.